The monoisotopic (exact) mass is 222 g/mol. The second-order valence-corrected chi connectivity index (χ2v) is 6.15. The lowest BCUT2D eigenvalue weighted by Crippen LogP contribution is -2.27. The van der Waals surface area contributed by atoms with Crippen LogP contribution < -0.4 is 5.73 Å². The first-order valence-corrected chi connectivity index (χ1v) is 6.59. The van der Waals surface area contributed by atoms with Gasteiger partial charge in [-0.25, -0.2) is 0 Å². The van der Waals surface area contributed by atoms with E-state index in [2.05, 4.69) is 24.1 Å². The van der Waals surface area contributed by atoms with Crippen molar-refractivity contribution in [1.29, 1.82) is 0 Å². The van der Waals surface area contributed by atoms with Crippen LogP contribution in [-0.2, 0) is 0 Å². The molecule has 3 rings (SSSR count). The molecule has 2 atom stereocenters. The summed E-state index contributed by atoms with van der Waals surface area (Å²) in [7, 11) is 2.16. The Hall–Kier alpha value is -0.380. The van der Waals surface area contributed by atoms with Crippen molar-refractivity contribution in [3.63, 3.8) is 0 Å². The van der Waals surface area contributed by atoms with E-state index in [0.29, 0.717) is 12.0 Å². The molecule has 1 saturated carbocycles. The van der Waals surface area contributed by atoms with Crippen molar-refractivity contribution in [1.82, 2.24) is 4.90 Å². The molecule has 3 heteroatoms. The lowest BCUT2D eigenvalue weighted by molar-refractivity contribution is 0.408. The summed E-state index contributed by atoms with van der Waals surface area (Å²) in [6.07, 6.45) is 2.80. The zero-order chi connectivity index (χ0) is 10.4. The van der Waals surface area contributed by atoms with E-state index in [1.807, 2.05) is 11.3 Å². The standard InChI is InChI=1S/C12H18N2S/c1-14-6-9(10(13)7-14)12-5-4-11(15-12)8-2-3-8/h4-5,8-10H,2-3,6-7,13H2,1H3/t9-,10?/m0/s1. The van der Waals surface area contributed by atoms with E-state index in [0.717, 1.165) is 19.0 Å². The summed E-state index contributed by atoms with van der Waals surface area (Å²) < 4.78 is 0. The molecule has 1 aliphatic carbocycles. The highest BCUT2D eigenvalue weighted by atomic mass is 32.1. The molecule has 1 aromatic rings. The van der Waals surface area contributed by atoms with Crippen molar-refractivity contribution >= 4 is 11.3 Å². The fourth-order valence-corrected chi connectivity index (χ4v) is 3.84. The molecule has 82 valence electrons. The Morgan fingerprint density at radius 2 is 2.00 bits per heavy atom. The molecule has 2 aliphatic rings. The molecule has 1 saturated heterocycles. The summed E-state index contributed by atoms with van der Waals surface area (Å²) in [5.41, 5.74) is 6.17. The highest BCUT2D eigenvalue weighted by Gasteiger charge is 2.32. The maximum Gasteiger partial charge on any atom is 0.0257 e. The first kappa shape index (κ1) is 9.82. The van der Waals surface area contributed by atoms with E-state index in [1.54, 1.807) is 4.88 Å². The largest absolute Gasteiger partial charge is 0.326 e. The van der Waals surface area contributed by atoms with E-state index in [-0.39, 0.29) is 0 Å². The van der Waals surface area contributed by atoms with Crippen molar-refractivity contribution in [2.45, 2.75) is 30.7 Å². The van der Waals surface area contributed by atoms with Crippen LogP contribution in [0.1, 0.15) is 34.4 Å². The number of likely N-dealkylation sites (tertiary alicyclic amines) is 1. The Labute approximate surface area is 95.1 Å². The number of hydrogen-bond acceptors (Lipinski definition) is 3. The first-order valence-electron chi connectivity index (χ1n) is 5.78. The van der Waals surface area contributed by atoms with Gasteiger partial charge in [0.05, 0.1) is 0 Å². The van der Waals surface area contributed by atoms with Crippen LogP contribution in [0, 0.1) is 0 Å². The van der Waals surface area contributed by atoms with Crippen LogP contribution >= 0.6 is 11.3 Å². The third-order valence-corrected chi connectivity index (χ3v) is 4.92. The Morgan fingerprint density at radius 1 is 1.27 bits per heavy atom. The maximum absolute atomic E-state index is 6.17. The second kappa shape index (κ2) is 3.58. The number of rotatable bonds is 2. The summed E-state index contributed by atoms with van der Waals surface area (Å²) in [6, 6.07) is 4.96. The summed E-state index contributed by atoms with van der Waals surface area (Å²) in [6.45, 7) is 2.17. The molecule has 2 fully saturated rings. The van der Waals surface area contributed by atoms with Crippen molar-refractivity contribution in [2.75, 3.05) is 20.1 Å². The molecular weight excluding hydrogens is 204 g/mol. The predicted octanol–water partition coefficient (Wildman–Crippen LogP) is 1.98. The molecule has 2 nitrogen and oxygen atoms in total. The minimum absolute atomic E-state index is 0.334. The maximum atomic E-state index is 6.17. The fraction of sp³-hybridized carbons (Fsp3) is 0.667. The molecule has 1 aliphatic heterocycles. The van der Waals surface area contributed by atoms with Gasteiger partial charge in [0.15, 0.2) is 0 Å². The third-order valence-electron chi connectivity index (χ3n) is 3.54. The zero-order valence-corrected chi connectivity index (χ0v) is 9.96. The van der Waals surface area contributed by atoms with Crippen LogP contribution in [-0.4, -0.2) is 31.1 Å². The average molecular weight is 222 g/mol. The third kappa shape index (κ3) is 1.84. The Balaban J connectivity index is 1.79. The van der Waals surface area contributed by atoms with Crippen LogP contribution in [0.5, 0.6) is 0 Å². The molecule has 2 heterocycles. The van der Waals surface area contributed by atoms with Crippen LogP contribution in [0.4, 0.5) is 0 Å². The molecule has 0 bridgehead atoms. The van der Waals surface area contributed by atoms with Crippen molar-refractivity contribution in [2.24, 2.45) is 5.73 Å². The molecule has 2 N–H and O–H groups in total. The van der Waals surface area contributed by atoms with Crippen LogP contribution in [0.15, 0.2) is 12.1 Å². The van der Waals surface area contributed by atoms with E-state index < -0.39 is 0 Å². The normalized spacial score (nSPS) is 32.4. The van der Waals surface area contributed by atoms with Gasteiger partial charge >= 0.3 is 0 Å². The Kier molecular flexibility index (Phi) is 2.34. The summed E-state index contributed by atoms with van der Waals surface area (Å²) >= 11 is 2.00. The van der Waals surface area contributed by atoms with Gasteiger partial charge in [-0.15, -0.1) is 11.3 Å². The number of likely N-dealkylation sites (N-methyl/N-ethyl adjacent to an activating group) is 1. The van der Waals surface area contributed by atoms with Gasteiger partial charge in [0.25, 0.3) is 0 Å². The highest BCUT2D eigenvalue weighted by molar-refractivity contribution is 7.12. The molecule has 1 unspecified atom stereocenters. The molecule has 0 radical (unpaired) electrons. The minimum atomic E-state index is 0.334. The molecule has 0 aromatic carbocycles. The number of nitrogens with zero attached hydrogens (tertiary/aromatic N) is 1. The molecule has 0 spiro atoms. The summed E-state index contributed by atoms with van der Waals surface area (Å²) in [5, 5.41) is 0. The topological polar surface area (TPSA) is 29.3 Å². The SMILES string of the molecule is CN1CC(N)[C@@H](c2ccc(C3CC3)s2)C1. The number of thiophene rings is 1. The van der Waals surface area contributed by atoms with Gasteiger partial charge < -0.3 is 10.6 Å². The second-order valence-electron chi connectivity index (χ2n) is 5.01. The lowest BCUT2D eigenvalue weighted by Gasteiger charge is -2.11. The van der Waals surface area contributed by atoms with Gasteiger partial charge in [0, 0.05) is 34.8 Å². The van der Waals surface area contributed by atoms with E-state index in [4.69, 9.17) is 5.73 Å². The first-order chi connectivity index (χ1) is 7.24. The van der Waals surface area contributed by atoms with Gasteiger partial charge in [-0.3, -0.25) is 0 Å². The van der Waals surface area contributed by atoms with Gasteiger partial charge in [-0.2, -0.15) is 0 Å². The van der Waals surface area contributed by atoms with Gasteiger partial charge in [-0.1, -0.05) is 0 Å². The summed E-state index contributed by atoms with van der Waals surface area (Å²) in [5.74, 6) is 1.46. The van der Waals surface area contributed by atoms with Crippen molar-refractivity contribution in [3.05, 3.63) is 21.9 Å². The highest BCUT2D eigenvalue weighted by Crippen LogP contribution is 2.44. The van der Waals surface area contributed by atoms with Crippen molar-refractivity contribution < 1.29 is 0 Å². The smallest absolute Gasteiger partial charge is 0.0257 e. The van der Waals surface area contributed by atoms with Crippen LogP contribution in [0.2, 0.25) is 0 Å². The predicted molar refractivity (Wildman–Crippen MR) is 64.5 cm³/mol. The minimum Gasteiger partial charge on any atom is -0.326 e. The van der Waals surface area contributed by atoms with Gasteiger partial charge in [0.2, 0.25) is 0 Å². The van der Waals surface area contributed by atoms with Gasteiger partial charge in [0.1, 0.15) is 0 Å². The Morgan fingerprint density at radius 3 is 2.60 bits per heavy atom. The zero-order valence-electron chi connectivity index (χ0n) is 9.15. The number of hydrogen-bond donors (Lipinski definition) is 1. The Bertz CT molecular complexity index is 356. The van der Waals surface area contributed by atoms with Crippen LogP contribution in [0.3, 0.4) is 0 Å². The quantitative estimate of drug-likeness (QED) is 0.829. The lowest BCUT2D eigenvalue weighted by atomic mass is 10.0. The molecule has 0 amide bonds. The van der Waals surface area contributed by atoms with E-state index in [1.165, 1.54) is 17.7 Å². The van der Waals surface area contributed by atoms with E-state index >= 15 is 0 Å². The number of nitrogens with two attached hydrogens (primary N) is 1. The molecular formula is C12H18N2S. The van der Waals surface area contributed by atoms with Gasteiger partial charge in [-0.05, 0) is 37.9 Å². The molecule has 1 aromatic heterocycles. The van der Waals surface area contributed by atoms with Crippen LogP contribution in [0.25, 0.3) is 0 Å². The fourth-order valence-electron chi connectivity index (χ4n) is 2.49. The molecule has 15 heavy (non-hydrogen) atoms. The average Bonchev–Trinajstić information content (AvgIpc) is 2.83. The van der Waals surface area contributed by atoms with E-state index in [9.17, 15) is 0 Å². The summed E-state index contributed by atoms with van der Waals surface area (Å²) in [4.78, 5) is 5.44. The van der Waals surface area contributed by atoms with Crippen molar-refractivity contribution in [3.8, 4) is 0 Å².